The molecular formula is C18H22BrN. The smallest absolute Gasteiger partial charge is 0.0207 e. The van der Waals surface area contributed by atoms with E-state index in [0.717, 1.165) is 17.4 Å². The van der Waals surface area contributed by atoms with Gasteiger partial charge in [-0.1, -0.05) is 57.9 Å². The van der Waals surface area contributed by atoms with E-state index in [0.29, 0.717) is 6.04 Å². The van der Waals surface area contributed by atoms with Crippen molar-refractivity contribution in [2.75, 3.05) is 0 Å². The Kier molecular flexibility index (Phi) is 5.81. The molecule has 0 spiro atoms. The molecule has 106 valence electrons. The molecule has 0 aliphatic heterocycles. The van der Waals surface area contributed by atoms with Crippen LogP contribution < -0.4 is 5.32 Å². The summed E-state index contributed by atoms with van der Waals surface area (Å²) in [5.41, 5.74) is 4.11. The van der Waals surface area contributed by atoms with Crippen molar-refractivity contribution in [1.29, 1.82) is 0 Å². The number of aryl methyl sites for hydroxylation is 2. The van der Waals surface area contributed by atoms with E-state index < -0.39 is 0 Å². The molecule has 1 atom stereocenters. The topological polar surface area (TPSA) is 12.0 Å². The normalized spacial score (nSPS) is 12.3. The van der Waals surface area contributed by atoms with Crippen LogP contribution in [-0.2, 0) is 13.0 Å². The van der Waals surface area contributed by atoms with Crippen LogP contribution in [0.25, 0.3) is 0 Å². The van der Waals surface area contributed by atoms with Crippen LogP contribution in [-0.4, -0.2) is 6.04 Å². The van der Waals surface area contributed by atoms with Gasteiger partial charge in [0.25, 0.3) is 0 Å². The van der Waals surface area contributed by atoms with Crippen LogP contribution in [0.15, 0.2) is 53.0 Å². The molecule has 0 bridgehead atoms. The minimum Gasteiger partial charge on any atom is -0.310 e. The van der Waals surface area contributed by atoms with Crippen LogP contribution in [0, 0.1) is 6.92 Å². The first kappa shape index (κ1) is 15.3. The maximum atomic E-state index is 3.59. The van der Waals surface area contributed by atoms with Crippen LogP contribution >= 0.6 is 15.9 Å². The molecule has 0 aliphatic carbocycles. The zero-order valence-electron chi connectivity index (χ0n) is 12.2. The van der Waals surface area contributed by atoms with Crippen LogP contribution in [0.4, 0.5) is 0 Å². The Bertz CT molecular complexity index is 533. The summed E-state index contributed by atoms with van der Waals surface area (Å²) in [6.45, 7) is 5.34. The largest absolute Gasteiger partial charge is 0.310 e. The SMILES string of the molecule is Cc1cccc(CCC(C)NCc2ccc(Br)cc2)c1. The molecule has 0 aromatic heterocycles. The molecule has 1 unspecified atom stereocenters. The number of benzene rings is 2. The summed E-state index contributed by atoms with van der Waals surface area (Å²) in [5.74, 6) is 0. The Labute approximate surface area is 130 Å². The van der Waals surface area contributed by atoms with Crippen molar-refractivity contribution in [3.05, 3.63) is 69.7 Å². The third kappa shape index (κ3) is 5.10. The Balaban J connectivity index is 1.75. The molecule has 0 saturated carbocycles. The summed E-state index contributed by atoms with van der Waals surface area (Å²) in [7, 11) is 0. The van der Waals surface area contributed by atoms with Crippen molar-refractivity contribution in [1.82, 2.24) is 5.32 Å². The second-order valence-electron chi connectivity index (χ2n) is 5.44. The molecule has 0 saturated heterocycles. The van der Waals surface area contributed by atoms with E-state index in [2.05, 4.69) is 83.6 Å². The van der Waals surface area contributed by atoms with Gasteiger partial charge in [0.1, 0.15) is 0 Å². The van der Waals surface area contributed by atoms with Gasteiger partial charge in [0, 0.05) is 17.1 Å². The van der Waals surface area contributed by atoms with Gasteiger partial charge in [0.2, 0.25) is 0 Å². The fourth-order valence-electron chi connectivity index (χ4n) is 2.25. The van der Waals surface area contributed by atoms with Crippen LogP contribution in [0.2, 0.25) is 0 Å². The van der Waals surface area contributed by atoms with Gasteiger partial charge in [0.05, 0.1) is 0 Å². The first-order valence-electron chi connectivity index (χ1n) is 7.17. The zero-order valence-corrected chi connectivity index (χ0v) is 13.8. The fourth-order valence-corrected chi connectivity index (χ4v) is 2.51. The lowest BCUT2D eigenvalue weighted by molar-refractivity contribution is 0.514. The predicted octanol–water partition coefficient (Wildman–Crippen LogP) is 4.87. The average Bonchev–Trinajstić information content (AvgIpc) is 2.45. The summed E-state index contributed by atoms with van der Waals surface area (Å²) in [6.07, 6.45) is 2.30. The Morgan fingerprint density at radius 2 is 1.80 bits per heavy atom. The first-order valence-corrected chi connectivity index (χ1v) is 7.96. The molecule has 2 aromatic carbocycles. The van der Waals surface area contributed by atoms with E-state index in [1.165, 1.54) is 23.1 Å². The number of hydrogen-bond acceptors (Lipinski definition) is 1. The van der Waals surface area contributed by atoms with Crippen LogP contribution in [0.5, 0.6) is 0 Å². The van der Waals surface area contributed by atoms with Crippen molar-refractivity contribution in [2.45, 2.75) is 39.3 Å². The third-order valence-electron chi connectivity index (χ3n) is 3.52. The van der Waals surface area contributed by atoms with Crippen LogP contribution in [0.1, 0.15) is 30.0 Å². The highest BCUT2D eigenvalue weighted by molar-refractivity contribution is 9.10. The molecule has 2 aromatic rings. The molecule has 1 nitrogen and oxygen atoms in total. The Morgan fingerprint density at radius 3 is 2.50 bits per heavy atom. The van der Waals surface area contributed by atoms with Gasteiger partial charge >= 0.3 is 0 Å². The summed E-state index contributed by atoms with van der Waals surface area (Å²) in [4.78, 5) is 0. The maximum absolute atomic E-state index is 3.59. The highest BCUT2D eigenvalue weighted by Crippen LogP contribution is 2.11. The van der Waals surface area contributed by atoms with E-state index in [9.17, 15) is 0 Å². The lowest BCUT2D eigenvalue weighted by Gasteiger charge is -2.14. The molecule has 0 fully saturated rings. The van der Waals surface area contributed by atoms with Gasteiger partial charge in [-0.05, 0) is 49.9 Å². The molecule has 1 N–H and O–H groups in total. The van der Waals surface area contributed by atoms with Gasteiger partial charge in [-0.25, -0.2) is 0 Å². The van der Waals surface area contributed by atoms with Gasteiger partial charge in [-0.2, -0.15) is 0 Å². The van der Waals surface area contributed by atoms with E-state index >= 15 is 0 Å². The van der Waals surface area contributed by atoms with E-state index in [4.69, 9.17) is 0 Å². The Morgan fingerprint density at radius 1 is 1.05 bits per heavy atom. The van der Waals surface area contributed by atoms with Crippen molar-refractivity contribution in [2.24, 2.45) is 0 Å². The quantitative estimate of drug-likeness (QED) is 0.796. The molecule has 20 heavy (non-hydrogen) atoms. The molecular weight excluding hydrogens is 310 g/mol. The highest BCUT2D eigenvalue weighted by Gasteiger charge is 2.03. The summed E-state index contributed by atoms with van der Waals surface area (Å²) < 4.78 is 1.13. The summed E-state index contributed by atoms with van der Waals surface area (Å²) >= 11 is 3.46. The van der Waals surface area contributed by atoms with Crippen molar-refractivity contribution in [3.63, 3.8) is 0 Å². The monoisotopic (exact) mass is 331 g/mol. The van der Waals surface area contributed by atoms with E-state index in [1.54, 1.807) is 0 Å². The maximum Gasteiger partial charge on any atom is 0.0207 e. The van der Waals surface area contributed by atoms with Crippen LogP contribution in [0.3, 0.4) is 0 Å². The molecule has 2 heteroatoms. The number of hydrogen-bond donors (Lipinski definition) is 1. The standard InChI is InChI=1S/C18H22BrN/c1-14-4-3-5-16(12-14)7-6-15(2)20-13-17-8-10-18(19)11-9-17/h3-5,8-12,15,20H,6-7,13H2,1-2H3. The zero-order chi connectivity index (χ0) is 14.4. The second-order valence-corrected chi connectivity index (χ2v) is 6.35. The summed E-state index contributed by atoms with van der Waals surface area (Å²) in [5, 5.41) is 3.59. The highest BCUT2D eigenvalue weighted by atomic mass is 79.9. The second kappa shape index (κ2) is 7.61. The fraction of sp³-hybridized carbons (Fsp3) is 0.333. The number of nitrogens with one attached hydrogen (secondary N) is 1. The summed E-state index contributed by atoms with van der Waals surface area (Å²) in [6, 6.07) is 17.8. The Hall–Kier alpha value is -1.12. The minimum atomic E-state index is 0.527. The molecule has 0 amide bonds. The third-order valence-corrected chi connectivity index (χ3v) is 4.05. The van der Waals surface area contributed by atoms with Crippen molar-refractivity contribution < 1.29 is 0 Å². The van der Waals surface area contributed by atoms with Gasteiger partial charge < -0.3 is 5.32 Å². The van der Waals surface area contributed by atoms with E-state index in [-0.39, 0.29) is 0 Å². The number of halogens is 1. The van der Waals surface area contributed by atoms with Crippen molar-refractivity contribution >= 4 is 15.9 Å². The molecule has 0 aliphatic rings. The first-order chi connectivity index (χ1) is 9.63. The van der Waals surface area contributed by atoms with Gasteiger partial charge in [0.15, 0.2) is 0 Å². The van der Waals surface area contributed by atoms with Crippen molar-refractivity contribution in [3.8, 4) is 0 Å². The molecule has 0 radical (unpaired) electrons. The average molecular weight is 332 g/mol. The van der Waals surface area contributed by atoms with E-state index in [1.807, 2.05) is 0 Å². The number of rotatable bonds is 6. The lowest BCUT2D eigenvalue weighted by atomic mass is 10.0. The lowest BCUT2D eigenvalue weighted by Crippen LogP contribution is -2.25. The van der Waals surface area contributed by atoms with Gasteiger partial charge in [-0.15, -0.1) is 0 Å². The molecule has 0 heterocycles. The minimum absolute atomic E-state index is 0.527. The molecule has 2 rings (SSSR count). The predicted molar refractivity (Wildman–Crippen MR) is 89.9 cm³/mol. The van der Waals surface area contributed by atoms with Gasteiger partial charge in [-0.3, -0.25) is 0 Å².